The van der Waals surface area contributed by atoms with E-state index in [0.717, 1.165) is 16.5 Å². The van der Waals surface area contributed by atoms with Crippen molar-refractivity contribution in [2.75, 3.05) is 0 Å². The number of hydrogen-bond donors (Lipinski definition) is 0. The Morgan fingerprint density at radius 1 is 1.00 bits per heavy atom. The predicted molar refractivity (Wildman–Crippen MR) is 61.4 cm³/mol. The third-order valence-electron chi connectivity index (χ3n) is 2.62. The first-order valence-corrected chi connectivity index (χ1v) is 6.26. The second kappa shape index (κ2) is 5.48. The average Bonchev–Trinajstić information content (AvgIpc) is 2.15. The molecule has 0 radical (unpaired) electrons. The van der Waals surface area contributed by atoms with Crippen LogP contribution in [0.15, 0.2) is 35.2 Å². The smallest absolute Gasteiger partial charge is 0.744 e. The molecule has 0 aliphatic carbocycles. The van der Waals surface area contributed by atoms with Crippen LogP contribution in [-0.2, 0) is 10.1 Å². The maximum atomic E-state index is 11.1. The minimum absolute atomic E-state index is 0. The number of rotatable bonds is 1. The van der Waals surface area contributed by atoms with Crippen molar-refractivity contribution in [1.29, 1.82) is 0 Å². The van der Waals surface area contributed by atoms with Gasteiger partial charge in [-0.3, -0.25) is 0 Å². The quantitative estimate of drug-likeness (QED) is 0.514. The molecule has 0 aromatic heterocycles. The number of hydrogen-bond acceptors (Lipinski definition) is 3. The van der Waals surface area contributed by atoms with Gasteiger partial charge in [-0.2, -0.15) is 0 Å². The van der Waals surface area contributed by atoms with Crippen molar-refractivity contribution >= 4 is 20.9 Å². The molecule has 0 saturated carbocycles. The molecule has 2 rings (SSSR count). The van der Waals surface area contributed by atoms with Crippen molar-refractivity contribution in [3.8, 4) is 0 Å². The Labute approximate surface area is 143 Å². The molecule has 0 aliphatic heterocycles. The summed E-state index contributed by atoms with van der Waals surface area (Å²) in [6, 6.07) is 8.50. The van der Waals surface area contributed by atoms with Crippen molar-refractivity contribution < 1.29 is 64.4 Å². The van der Waals surface area contributed by atoms with Gasteiger partial charge in [0.25, 0.3) is 0 Å². The molecule has 3 nitrogen and oxygen atoms in total. The summed E-state index contributed by atoms with van der Waals surface area (Å²) in [5, 5.41) is 1.32. The molecule has 0 spiro atoms. The zero-order valence-corrected chi connectivity index (χ0v) is 14.0. The molecule has 2 aromatic rings. The third-order valence-corrected chi connectivity index (χ3v) is 3.51. The molecular formula is C12H11KO3S. The zero-order chi connectivity index (χ0) is 11.9. The van der Waals surface area contributed by atoms with E-state index in [2.05, 4.69) is 0 Å². The molecule has 84 valence electrons. The summed E-state index contributed by atoms with van der Waals surface area (Å²) in [5.41, 5.74) is 1.89. The standard InChI is InChI=1S/C12H12O3S.K/c1-8-3-5-10-9(2)4-6-12(11(10)7-8)16(13,14)15;/h3-7H,1-2H3,(H,13,14,15);/q;+1/p-1. The normalized spacial score (nSPS) is 11.2. The van der Waals surface area contributed by atoms with Gasteiger partial charge < -0.3 is 4.55 Å². The average molecular weight is 274 g/mol. The summed E-state index contributed by atoms with van der Waals surface area (Å²) in [6.07, 6.45) is 0. The van der Waals surface area contributed by atoms with E-state index >= 15 is 0 Å². The van der Waals surface area contributed by atoms with Crippen molar-refractivity contribution in [2.45, 2.75) is 18.7 Å². The Morgan fingerprint density at radius 2 is 1.65 bits per heavy atom. The maximum absolute atomic E-state index is 11.1. The number of aryl methyl sites for hydroxylation is 2. The summed E-state index contributed by atoms with van der Waals surface area (Å²) >= 11 is 0. The SMILES string of the molecule is Cc1ccc2c(C)ccc(S(=O)(=O)[O-])c2c1.[K+]. The number of fused-ring (bicyclic) bond motifs is 1. The van der Waals surface area contributed by atoms with Crippen molar-refractivity contribution in [3.63, 3.8) is 0 Å². The van der Waals surface area contributed by atoms with Crippen molar-refractivity contribution in [1.82, 2.24) is 0 Å². The fraction of sp³-hybridized carbons (Fsp3) is 0.167. The van der Waals surface area contributed by atoms with Crippen molar-refractivity contribution in [2.24, 2.45) is 0 Å². The zero-order valence-electron chi connectivity index (χ0n) is 10.0. The molecule has 5 heteroatoms. The minimum Gasteiger partial charge on any atom is -0.744 e. The van der Waals surface area contributed by atoms with E-state index in [9.17, 15) is 13.0 Å². The first-order chi connectivity index (χ1) is 7.39. The van der Waals surface area contributed by atoms with Crippen LogP contribution in [0.4, 0.5) is 0 Å². The van der Waals surface area contributed by atoms with Gasteiger partial charge in [0.1, 0.15) is 10.1 Å². The molecule has 0 aliphatic rings. The molecule has 0 amide bonds. The van der Waals surface area contributed by atoms with Crippen LogP contribution in [0.3, 0.4) is 0 Å². The van der Waals surface area contributed by atoms with Crippen LogP contribution in [0.1, 0.15) is 11.1 Å². The van der Waals surface area contributed by atoms with E-state index in [1.807, 2.05) is 26.0 Å². The van der Waals surface area contributed by atoms with E-state index in [-0.39, 0.29) is 56.3 Å². The van der Waals surface area contributed by atoms with Gasteiger partial charge >= 0.3 is 51.4 Å². The van der Waals surface area contributed by atoms with Gasteiger partial charge in [0, 0.05) is 0 Å². The first-order valence-electron chi connectivity index (χ1n) is 4.85. The molecular weight excluding hydrogens is 263 g/mol. The maximum Gasteiger partial charge on any atom is 1.00 e. The van der Waals surface area contributed by atoms with Gasteiger partial charge in [0.15, 0.2) is 0 Å². The fourth-order valence-electron chi connectivity index (χ4n) is 1.80. The molecule has 0 bridgehead atoms. The van der Waals surface area contributed by atoms with Crippen LogP contribution < -0.4 is 51.4 Å². The van der Waals surface area contributed by atoms with Gasteiger partial charge in [0.05, 0.1) is 4.90 Å². The summed E-state index contributed by atoms with van der Waals surface area (Å²) in [6.45, 7) is 3.75. The Hall–Kier alpha value is 0.246. The molecule has 0 N–H and O–H groups in total. The van der Waals surface area contributed by atoms with Gasteiger partial charge in [-0.05, 0) is 36.2 Å². The summed E-state index contributed by atoms with van der Waals surface area (Å²) in [5.74, 6) is 0. The van der Waals surface area contributed by atoms with Crippen LogP contribution in [-0.4, -0.2) is 13.0 Å². The van der Waals surface area contributed by atoms with Crippen LogP contribution in [0.2, 0.25) is 0 Å². The van der Waals surface area contributed by atoms with E-state index in [1.54, 1.807) is 12.1 Å². The topological polar surface area (TPSA) is 57.2 Å². The van der Waals surface area contributed by atoms with Gasteiger partial charge in [-0.1, -0.05) is 29.8 Å². The molecule has 0 atom stereocenters. The molecule has 0 saturated heterocycles. The molecule has 0 unspecified atom stereocenters. The van der Waals surface area contributed by atoms with Crippen LogP contribution in [0, 0.1) is 13.8 Å². The number of benzene rings is 2. The molecule has 0 fully saturated rings. The van der Waals surface area contributed by atoms with Crippen LogP contribution in [0.5, 0.6) is 0 Å². The van der Waals surface area contributed by atoms with Crippen molar-refractivity contribution in [3.05, 3.63) is 41.5 Å². The predicted octanol–water partition coefficient (Wildman–Crippen LogP) is -0.635. The Bertz CT molecular complexity index is 663. The second-order valence-corrected chi connectivity index (χ2v) is 5.23. The minimum atomic E-state index is -4.41. The second-order valence-electron chi connectivity index (χ2n) is 3.88. The van der Waals surface area contributed by atoms with Gasteiger partial charge in [0.2, 0.25) is 0 Å². The Kier molecular flexibility index (Phi) is 4.94. The Morgan fingerprint density at radius 3 is 2.24 bits per heavy atom. The Balaban J connectivity index is 0.00000144. The summed E-state index contributed by atoms with van der Waals surface area (Å²) < 4.78 is 33.3. The van der Waals surface area contributed by atoms with Crippen LogP contribution in [0.25, 0.3) is 10.8 Å². The summed E-state index contributed by atoms with van der Waals surface area (Å²) in [4.78, 5) is -0.142. The fourth-order valence-corrected chi connectivity index (χ4v) is 2.48. The van der Waals surface area contributed by atoms with Gasteiger partial charge in [-0.25, -0.2) is 8.42 Å². The van der Waals surface area contributed by atoms with E-state index in [1.165, 1.54) is 6.07 Å². The third kappa shape index (κ3) is 3.17. The molecule has 17 heavy (non-hydrogen) atoms. The molecule has 2 aromatic carbocycles. The van der Waals surface area contributed by atoms with Crippen LogP contribution >= 0.6 is 0 Å². The molecule has 0 heterocycles. The largest absolute Gasteiger partial charge is 1.00 e. The monoisotopic (exact) mass is 274 g/mol. The first kappa shape index (κ1) is 15.3. The van der Waals surface area contributed by atoms with E-state index in [0.29, 0.717) is 5.39 Å². The van der Waals surface area contributed by atoms with E-state index in [4.69, 9.17) is 0 Å². The van der Waals surface area contributed by atoms with Gasteiger partial charge in [-0.15, -0.1) is 0 Å². The van der Waals surface area contributed by atoms with E-state index < -0.39 is 10.1 Å². The summed E-state index contributed by atoms with van der Waals surface area (Å²) in [7, 11) is -4.41.